The first kappa shape index (κ1) is 27.9. The summed E-state index contributed by atoms with van der Waals surface area (Å²) >= 11 is 0. The summed E-state index contributed by atoms with van der Waals surface area (Å²) in [5.41, 5.74) is 0. The van der Waals surface area contributed by atoms with Crippen LogP contribution in [0.5, 0.6) is 0 Å². The molecule has 16 nitrogen and oxygen atoms in total. The minimum Gasteiger partial charge on any atom is -0.394 e. The Kier molecular flexibility index (Phi) is 9.54. The van der Waals surface area contributed by atoms with Crippen molar-refractivity contribution >= 4 is 0 Å². The summed E-state index contributed by atoms with van der Waals surface area (Å²) in [7, 11) is 0. The lowest BCUT2D eigenvalue weighted by Crippen LogP contribution is -2.65. The number of rotatable bonds is 7. The molecule has 11 N–H and O–H groups in total. The summed E-state index contributed by atoms with van der Waals surface area (Å²) in [6.07, 6.45) is -24.9. The lowest BCUT2D eigenvalue weighted by Gasteiger charge is -2.45. The van der Waals surface area contributed by atoms with E-state index in [4.69, 9.17) is 23.7 Å². The monoisotopic (exact) mass is 504 g/mol. The molecule has 0 unspecified atom stereocenters. The fourth-order valence-electron chi connectivity index (χ4n) is 3.95. The van der Waals surface area contributed by atoms with Crippen molar-refractivity contribution < 1.29 is 79.9 Å². The average Bonchev–Trinajstić information content (AvgIpc) is 2.82. The van der Waals surface area contributed by atoms with Crippen LogP contribution in [0.15, 0.2) is 0 Å². The largest absolute Gasteiger partial charge is 0.394 e. The number of ether oxygens (including phenoxy) is 5. The minimum atomic E-state index is -1.87. The average molecular weight is 504 g/mol. The number of aliphatic hydroxyl groups excluding tert-OH is 11. The van der Waals surface area contributed by atoms with E-state index in [2.05, 4.69) is 0 Å². The molecule has 3 heterocycles. The Bertz CT molecular complexity index is 637. The van der Waals surface area contributed by atoms with Gasteiger partial charge >= 0.3 is 0 Å². The van der Waals surface area contributed by atoms with E-state index in [9.17, 15) is 56.2 Å². The molecule has 15 atom stereocenters. The summed E-state index contributed by atoms with van der Waals surface area (Å²) in [4.78, 5) is 0. The highest BCUT2D eigenvalue weighted by Crippen LogP contribution is 2.29. The van der Waals surface area contributed by atoms with Crippen LogP contribution < -0.4 is 0 Å². The smallest absolute Gasteiger partial charge is 0.187 e. The molecule has 3 fully saturated rings. The van der Waals surface area contributed by atoms with Crippen LogP contribution >= 0.6 is 0 Å². The molecule has 16 heteroatoms. The first-order valence-corrected chi connectivity index (χ1v) is 10.6. The third-order valence-electron chi connectivity index (χ3n) is 6.07. The Morgan fingerprint density at radius 2 is 1.03 bits per heavy atom. The van der Waals surface area contributed by atoms with Gasteiger partial charge in [-0.3, -0.25) is 0 Å². The molecule has 0 spiro atoms. The van der Waals surface area contributed by atoms with E-state index in [-0.39, 0.29) is 0 Å². The van der Waals surface area contributed by atoms with Crippen molar-refractivity contribution in [1.82, 2.24) is 0 Å². The molecular formula is C18H32O16. The highest BCUT2D eigenvalue weighted by atomic mass is 16.7. The second-order valence-electron chi connectivity index (χ2n) is 8.37. The molecule has 200 valence electrons. The van der Waals surface area contributed by atoms with Crippen molar-refractivity contribution in [3.63, 3.8) is 0 Å². The zero-order valence-corrected chi connectivity index (χ0v) is 17.7. The molecule has 3 aliphatic heterocycles. The number of hydrogen-bond donors (Lipinski definition) is 11. The van der Waals surface area contributed by atoms with Crippen LogP contribution in [0.4, 0.5) is 0 Å². The molecule has 0 saturated carbocycles. The maximum atomic E-state index is 10.3. The van der Waals surface area contributed by atoms with Gasteiger partial charge in [-0.2, -0.15) is 0 Å². The maximum Gasteiger partial charge on any atom is 0.187 e. The standard InChI is InChI=1S/C18H32O16/c19-1-4-7(21)9(23)13(27)17(32-4)30-3-6-8(22)10(24)14(28)18(33-6)34-15-5(2-20)31-16(29)12(26)11(15)25/h4-29H,1-3H2/t4-,5-,6-,7-,8-,9+,10+,11-,12-,13-,14-,15-,16+,17+,18-/m1/s1. The second-order valence-corrected chi connectivity index (χ2v) is 8.37. The van der Waals surface area contributed by atoms with Crippen LogP contribution in [0.3, 0.4) is 0 Å². The zero-order chi connectivity index (χ0) is 25.3. The van der Waals surface area contributed by atoms with Crippen LogP contribution in [0.2, 0.25) is 0 Å². The van der Waals surface area contributed by atoms with Crippen LogP contribution in [0, 0.1) is 0 Å². The van der Waals surface area contributed by atoms with Crippen molar-refractivity contribution in [2.75, 3.05) is 19.8 Å². The molecule has 3 saturated heterocycles. The summed E-state index contributed by atoms with van der Waals surface area (Å²) in [5, 5.41) is 109. The van der Waals surface area contributed by atoms with Gasteiger partial charge in [-0.25, -0.2) is 0 Å². The van der Waals surface area contributed by atoms with Gasteiger partial charge in [0.1, 0.15) is 73.2 Å². The molecule has 0 amide bonds. The van der Waals surface area contributed by atoms with Gasteiger partial charge in [0.05, 0.1) is 19.8 Å². The first-order chi connectivity index (χ1) is 16.0. The maximum absolute atomic E-state index is 10.3. The molecule has 3 aliphatic rings. The number of hydrogen-bond acceptors (Lipinski definition) is 16. The van der Waals surface area contributed by atoms with Crippen molar-refractivity contribution in [3.05, 3.63) is 0 Å². The summed E-state index contributed by atoms with van der Waals surface area (Å²) < 4.78 is 26.3. The topological polar surface area (TPSA) is 269 Å². The summed E-state index contributed by atoms with van der Waals surface area (Å²) in [6, 6.07) is 0. The molecule has 0 bridgehead atoms. The van der Waals surface area contributed by atoms with Gasteiger partial charge < -0.3 is 79.9 Å². The predicted molar refractivity (Wildman–Crippen MR) is 101 cm³/mol. The molecule has 34 heavy (non-hydrogen) atoms. The normalized spacial score (nSPS) is 52.5. The summed E-state index contributed by atoms with van der Waals surface area (Å²) in [6.45, 7) is -2.07. The Morgan fingerprint density at radius 3 is 1.62 bits per heavy atom. The molecular weight excluding hydrogens is 472 g/mol. The molecule has 0 aromatic heterocycles. The molecule has 0 aromatic rings. The van der Waals surface area contributed by atoms with Gasteiger partial charge in [0, 0.05) is 0 Å². The van der Waals surface area contributed by atoms with Crippen LogP contribution in [0.1, 0.15) is 0 Å². The SMILES string of the molecule is OC[C@H]1O[C@H](OC[C@H]2O[C@H](O[C@H]3[C@H](O)[C@@H](O)[C@@H](O)O[C@@H]3CO)[C@H](O)[C@@H](O)[C@@H]2O)[C@H](O)[C@@H](O)[C@@H]1O. The van der Waals surface area contributed by atoms with Crippen molar-refractivity contribution in [1.29, 1.82) is 0 Å². The Balaban J connectivity index is 1.66. The zero-order valence-electron chi connectivity index (χ0n) is 17.7. The van der Waals surface area contributed by atoms with Gasteiger partial charge in [-0.1, -0.05) is 0 Å². The Morgan fingerprint density at radius 1 is 0.500 bits per heavy atom. The molecule has 0 aromatic carbocycles. The van der Waals surface area contributed by atoms with Gasteiger partial charge in [0.2, 0.25) is 0 Å². The fraction of sp³-hybridized carbons (Fsp3) is 1.00. The van der Waals surface area contributed by atoms with Gasteiger partial charge in [-0.15, -0.1) is 0 Å². The van der Waals surface area contributed by atoms with Crippen molar-refractivity contribution in [2.45, 2.75) is 92.1 Å². The first-order valence-electron chi connectivity index (χ1n) is 10.6. The van der Waals surface area contributed by atoms with E-state index >= 15 is 0 Å². The lowest BCUT2D eigenvalue weighted by atomic mass is 9.97. The van der Waals surface area contributed by atoms with E-state index in [1.165, 1.54) is 0 Å². The van der Waals surface area contributed by atoms with Crippen LogP contribution in [-0.4, -0.2) is 168 Å². The highest BCUT2D eigenvalue weighted by molar-refractivity contribution is 4.94. The Hall–Kier alpha value is -0.640. The minimum absolute atomic E-state index is 0.609. The van der Waals surface area contributed by atoms with Crippen LogP contribution in [0.25, 0.3) is 0 Å². The fourth-order valence-corrected chi connectivity index (χ4v) is 3.95. The molecule has 3 rings (SSSR count). The molecule has 0 aliphatic carbocycles. The van der Waals surface area contributed by atoms with E-state index in [0.29, 0.717) is 0 Å². The van der Waals surface area contributed by atoms with E-state index < -0.39 is 112 Å². The van der Waals surface area contributed by atoms with E-state index in [1.54, 1.807) is 0 Å². The van der Waals surface area contributed by atoms with E-state index in [0.717, 1.165) is 0 Å². The van der Waals surface area contributed by atoms with E-state index in [1.807, 2.05) is 0 Å². The highest BCUT2D eigenvalue weighted by Gasteiger charge is 2.51. The van der Waals surface area contributed by atoms with Crippen molar-refractivity contribution in [2.24, 2.45) is 0 Å². The third kappa shape index (κ3) is 5.52. The predicted octanol–water partition coefficient (Wildman–Crippen LogP) is -7.57. The second kappa shape index (κ2) is 11.6. The third-order valence-corrected chi connectivity index (χ3v) is 6.07. The Labute approximate surface area is 192 Å². The quantitative estimate of drug-likeness (QED) is 0.154. The number of aliphatic hydroxyl groups is 11. The van der Waals surface area contributed by atoms with Crippen molar-refractivity contribution in [3.8, 4) is 0 Å². The summed E-state index contributed by atoms with van der Waals surface area (Å²) in [5.74, 6) is 0. The van der Waals surface area contributed by atoms with Gasteiger partial charge in [-0.05, 0) is 0 Å². The molecule has 0 radical (unpaired) electrons. The lowest BCUT2D eigenvalue weighted by molar-refractivity contribution is -0.362. The van der Waals surface area contributed by atoms with Gasteiger partial charge in [0.25, 0.3) is 0 Å². The van der Waals surface area contributed by atoms with Gasteiger partial charge in [0.15, 0.2) is 18.9 Å². The van der Waals surface area contributed by atoms with Crippen LogP contribution in [-0.2, 0) is 23.7 Å².